The molecule has 1 aromatic rings. The van der Waals surface area contributed by atoms with Crippen LogP contribution in [0.4, 0.5) is 10.1 Å². The Morgan fingerprint density at radius 1 is 1.16 bits per heavy atom. The van der Waals surface area contributed by atoms with Gasteiger partial charge in [0.2, 0.25) is 0 Å². The maximum Gasteiger partial charge on any atom is 0.147 e. The first-order valence-corrected chi connectivity index (χ1v) is 7.88. The van der Waals surface area contributed by atoms with Gasteiger partial charge in [0, 0.05) is 10.5 Å². The van der Waals surface area contributed by atoms with E-state index < -0.39 is 0 Å². The van der Waals surface area contributed by atoms with Crippen LogP contribution in [0.15, 0.2) is 22.7 Å². The number of hydrogen-bond donors (Lipinski definition) is 1. The van der Waals surface area contributed by atoms with Crippen LogP contribution in [0.3, 0.4) is 0 Å². The van der Waals surface area contributed by atoms with Gasteiger partial charge in [-0.25, -0.2) is 4.39 Å². The quantitative estimate of drug-likeness (QED) is 0.744. The monoisotopic (exact) mass is 327 g/mol. The highest BCUT2D eigenvalue weighted by molar-refractivity contribution is 9.10. The summed E-state index contributed by atoms with van der Waals surface area (Å²) in [5, 5.41) is 3.37. The van der Waals surface area contributed by atoms with Gasteiger partial charge in [-0.2, -0.15) is 0 Å². The van der Waals surface area contributed by atoms with Crippen molar-refractivity contribution in [2.45, 2.75) is 52.5 Å². The molecule has 0 heterocycles. The first-order valence-electron chi connectivity index (χ1n) is 7.08. The Bertz CT molecular complexity index is 411. The second-order valence-corrected chi connectivity index (χ2v) is 7.51. The fraction of sp³-hybridized carbons (Fsp3) is 0.625. The van der Waals surface area contributed by atoms with Crippen LogP contribution in [-0.4, -0.2) is 6.04 Å². The summed E-state index contributed by atoms with van der Waals surface area (Å²) >= 11 is 3.42. The zero-order valence-corrected chi connectivity index (χ0v) is 13.6. The van der Waals surface area contributed by atoms with E-state index >= 15 is 0 Å². The van der Waals surface area contributed by atoms with Gasteiger partial charge in [-0.05, 0) is 65.1 Å². The predicted molar refractivity (Wildman–Crippen MR) is 82.9 cm³/mol. The molecule has 2 rings (SSSR count). The second-order valence-electron chi connectivity index (χ2n) is 6.66. The lowest BCUT2D eigenvalue weighted by molar-refractivity contribution is 0.173. The fourth-order valence-corrected chi connectivity index (χ4v) is 3.40. The third kappa shape index (κ3) is 3.71. The van der Waals surface area contributed by atoms with Crippen molar-refractivity contribution in [3.63, 3.8) is 0 Å². The highest BCUT2D eigenvalue weighted by Crippen LogP contribution is 2.39. The smallest absolute Gasteiger partial charge is 0.147 e. The van der Waals surface area contributed by atoms with E-state index in [-0.39, 0.29) is 5.82 Å². The maximum absolute atomic E-state index is 13.8. The van der Waals surface area contributed by atoms with E-state index in [1.54, 1.807) is 6.07 Å². The summed E-state index contributed by atoms with van der Waals surface area (Å²) in [6.07, 6.45) is 4.71. The van der Waals surface area contributed by atoms with Gasteiger partial charge in [0.05, 0.1) is 5.69 Å². The van der Waals surface area contributed by atoms with Crippen LogP contribution in [0.2, 0.25) is 0 Å². The number of para-hydroxylation sites is 1. The Morgan fingerprint density at radius 3 is 2.32 bits per heavy atom. The van der Waals surface area contributed by atoms with Crippen molar-refractivity contribution in [1.82, 2.24) is 0 Å². The number of nitrogens with one attached hydrogen (secondary N) is 1. The van der Waals surface area contributed by atoms with E-state index in [4.69, 9.17) is 0 Å². The Kier molecular flexibility index (Phi) is 4.54. The molecule has 0 spiro atoms. The van der Waals surface area contributed by atoms with Gasteiger partial charge in [0.25, 0.3) is 0 Å². The third-order valence-electron chi connectivity index (χ3n) is 4.26. The van der Waals surface area contributed by atoms with Gasteiger partial charge in [-0.15, -0.1) is 0 Å². The molecule has 3 heteroatoms. The standard InChI is InChI=1S/C16H23BrFN/c1-16(2,3)11-7-9-12(10-8-11)19-15-13(17)5-4-6-14(15)18/h4-6,11-12,19H,7-10H2,1-3H3. The van der Waals surface area contributed by atoms with Crippen LogP contribution >= 0.6 is 15.9 Å². The van der Waals surface area contributed by atoms with Gasteiger partial charge in [0.1, 0.15) is 5.82 Å². The average Bonchev–Trinajstić information content (AvgIpc) is 2.33. The number of benzene rings is 1. The molecule has 0 amide bonds. The molecule has 0 saturated heterocycles. The van der Waals surface area contributed by atoms with E-state index in [2.05, 4.69) is 42.0 Å². The van der Waals surface area contributed by atoms with Gasteiger partial charge >= 0.3 is 0 Å². The Hall–Kier alpha value is -0.570. The molecule has 1 saturated carbocycles. The lowest BCUT2D eigenvalue weighted by atomic mass is 9.71. The lowest BCUT2D eigenvalue weighted by Gasteiger charge is -2.37. The van der Waals surface area contributed by atoms with Gasteiger partial charge in [-0.1, -0.05) is 26.8 Å². The second kappa shape index (κ2) is 5.82. The van der Waals surface area contributed by atoms with Crippen LogP contribution in [0, 0.1) is 17.2 Å². The highest BCUT2D eigenvalue weighted by Gasteiger charge is 2.29. The normalized spacial score (nSPS) is 24.3. The third-order valence-corrected chi connectivity index (χ3v) is 4.92. The molecule has 0 atom stereocenters. The van der Waals surface area contributed by atoms with Crippen LogP contribution in [0.25, 0.3) is 0 Å². The van der Waals surface area contributed by atoms with E-state index in [9.17, 15) is 4.39 Å². The first kappa shape index (κ1) is 14.8. The van der Waals surface area contributed by atoms with Crippen molar-refractivity contribution in [2.24, 2.45) is 11.3 Å². The van der Waals surface area contributed by atoms with E-state index in [1.807, 2.05) is 6.07 Å². The largest absolute Gasteiger partial charge is 0.379 e. The maximum atomic E-state index is 13.8. The molecule has 0 unspecified atom stereocenters. The van der Waals surface area contributed by atoms with Crippen LogP contribution < -0.4 is 5.32 Å². The molecule has 106 valence electrons. The minimum Gasteiger partial charge on any atom is -0.379 e. The molecule has 1 nitrogen and oxygen atoms in total. The zero-order chi connectivity index (χ0) is 14.0. The van der Waals surface area contributed by atoms with E-state index in [1.165, 1.54) is 18.9 Å². The summed E-state index contributed by atoms with van der Waals surface area (Å²) in [5.74, 6) is 0.613. The van der Waals surface area contributed by atoms with E-state index in [0.717, 1.165) is 23.2 Å². The molecular formula is C16H23BrFN. The predicted octanol–water partition coefficient (Wildman–Crippen LogP) is 5.61. The molecule has 0 radical (unpaired) electrons. The van der Waals surface area contributed by atoms with E-state index in [0.29, 0.717) is 17.1 Å². The van der Waals surface area contributed by atoms with Crippen molar-refractivity contribution >= 4 is 21.6 Å². The zero-order valence-electron chi connectivity index (χ0n) is 12.0. The Balaban J connectivity index is 1.96. The summed E-state index contributed by atoms with van der Waals surface area (Å²) in [6.45, 7) is 6.95. The molecule has 1 fully saturated rings. The topological polar surface area (TPSA) is 12.0 Å². The summed E-state index contributed by atoms with van der Waals surface area (Å²) in [6, 6.07) is 5.51. The van der Waals surface area contributed by atoms with Crippen molar-refractivity contribution in [3.05, 3.63) is 28.5 Å². The molecule has 0 aliphatic heterocycles. The summed E-state index contributed by atoms with van der Waals surface area (Å²) in [7, 11) is 0. The fourth-order valence-electron chi connectivity index (χ4n) is 2.94. The van der Waals surface area contributed by atoms with Crippen LogP contribution in [-0.2, 0) is 0 Å². The van der Waals surface area contributed by atoms with Crippen molar-refractivity contribution in [1.29, 1.82) is 0 Å². The highest BCUT2D eigenvalue weighted by atomic mass is 79.9. The molecule has 19 heavy (non-hydrogen) atoms. The van der Waals surface area contributed by atoms with Gasteiger partial charge < -0.3 is 5.32 Å². The number of halogens is 2. The number of anilines is 1. The molecule has 1 N–H and O–H groups in total. The average molecular weight is 328 g/mol. The molecule has 1 aromatic carbocycles. The minimum absolute atomic E-state index is 0.174. The van der Waals surface area contributed by atoms with Gasteiger partial charge in [-0.3, -0.25) is 0 Å². The summed E-state index contributed by atoms with van der Waals surface area (Å²) < 4.78 is 14.6. The lowest BCUT2D eigenvalue weighted by Crippen LogP contribution is -2.31. The minimum atomic E-state index is -0.174. The van der Waals surface area contributed by atoms with Crippen molar-refractivity contribution < 1.29 is 4.39 Å². The summed E-state index contributed by atoms with van der Waals surface area (Å²) in [5.41, 5.74) is 1.01. The van der Waals surface area contributed by atoms with Crippen LogP contribution in [0.1, 0.15) is 46.5 Å². The van der Waals surface area contributed by atoms with Crippen molar-refractivity contribution in [3.8, 4) is 0 Å². The molecule has 0 aromatic heterocycles. The number of rotatable bonds is 2. The van der Waals surface area contributed by atoms with Crippen molar-refractivity contribution in [2.75, 3.05) is 5.32 Å². The molecule has 1 aliphatic carbocycles. The Morgan fingerprint density at radius 2 is 1.79 bits per heavy atom. The first-order chi connectivity index (χ1) is 8.88. The molecular weight excluding hydrogens is 305 g/mol. The van der Waals surface area contributed by atoms with Crippen LogP contribution in [0.5, 0.6) is 0 Å². The number of hydrogen-bond acceptors (Lipinski definition) is 1. The SMILES string of the molecule is CC(C)(C)C1CCC(Nc2c(F)cccc2Br)CC1. The summed E-state index contributed by atoms with van der Waals surface area (Å²) in [4.78, 5) is 0. The van der Waals surface area contributed by atoms with Gasteiger partial charge in [0.15, 0.2) is 0 Å². The molecule has 1 aliphatic rings. The molecule has 0 bridgehead atoms. The Labute approximate surface area is 124 Å².